The highest BCUT2D eigenvalue weighted by molar-refractivity contribution is 5.50. The lowest BCUT2D eigenvalue weighted by molar-refractivity contribution is 0.145. The minimum absolute atomic E-state index is 0.172. The van der Waals surface area contributed by atoms with E-state index in [4.69, 9.17) is 18.9 Å². The fourth-order valence-electron chi connectivity index (χ4n) is 5.09. The number of hydrogen-bond acceptors (Lipinski definition) is 5. The first-order valence-electron chi connectivity index (χ1n) is 11.9. The Balaban J connectivity index is 1.80. The fourth-order valence-corrected chi connectivity index (χ4v) is 5.09. The van der Waals surface area contributed by atoms with E-state index in [1.54, 1.807) is 28.4 Å². The third-order valence-electron chi connectivity index (χ3n) is 6.92. The molecule has 1 aliphatic heterocycles. The van der Waals surface area contributed by atoms with Crippen molar-refractivity contribution in [1.29, 1.82) is 0 Å². The summed E-state index contributed by atoms with van der Waals surface area (Å²) in [4.78, 5) is 2.63. The molecule has 1 aliphatic rings. The van der Waals surface area contributed by atoms with E-state index in [0.717, 1.165) is 48.8 Å². The van der Waals surface area contributed by atoms with Crippen molar-refractivity contribution in [3.05, 3.63) is 82.9 Å². The van der Waals surface area contributed by atoms with Gasteiger partial charge in [-0.25, -0.2) is 0 Å². The minimum Gasteiger partial charge on any atom is -0.493 e. The van der Waals surface area contributed by atoms with Crippen LogP contribution in [-0.2, 0) is 12.8 Å². The maximum absolute atomic E-state index is 5.71. The molecule has 0 bridgehead atoms. The van der Waals surface area contributed by atoms with E-state index in [2.05, 4.69) is 66.4 Å². The van der Waals surface area contributed by atoms with Gasteiger partial charge in [0.2, 0.25) is 0 Å². The van der Waals surface area contributed by atoms with Gasteiger partial charge in [0.15, 0.2) is 23.0 Å². The minimum atomic E-state index is 0.172. The molecule has 0 unspecified atom stereocenters. The second-order valence-electron chi connectivity index (χ2n) is 8.74. The fraction of sp³-hybridized carbons (Fsp3) is 0.379. The average Bonchev–Trinajstić information content (AvgIpc) is 3.06. The maximum Gasteiger partial charge on any atom is 0.161 e. The third kappa shape index (κ3) is 4.85. The zero-order valence-electron chi connectivity index (χ0n) is 20.8. The second kappa shape index (κ2) is 10.8. The molecule has 1 heterocycles. The molecule has 0 amide bonds. The Morgan fingerprint density at radius 3 is 2.12 bits per heavy atom. The van der Waals surface area contributed by atoms with Gasteiger partial charge in [0, 0.05) is 12.1 Å². The Kier molecular flexibility index (Phi) is 7.63. The van der Waals surface area contributed by atoms with Crippen LogP contribution < -0.4 is 18.9 Å². The Morgan fingerprint density at radius 1 is 0.794 bits per heavy atom. The van der Waals surface area contributed by atoms with E-state index in [9.17, 15) is 0 Å². The van der Waals surface area contributed by atoms with E-state index < -0.39 is 0 Å². The Hall–Kier alpha value is -3.18. The number of hydrogen-bond donors (Lipinski definition) is 0. The zero-order valence-corrected chi connectivity index (χ0v) is 20.8. The van der Waals surface area contributed by atoms with Crippen LogP contribution in [0.1, 0.15) is 47.7 Å². The summed E-state index contributed by atoms with van der Waals surface area (Å²) in [5.74, 6) is 3.06. The lowest BCUT2D eigenvalue weighted by Crippen LogP contribution is -2.33. The molecule has 0 aliphatic carbocycles. The van der Waals surface area contributed by atoms with Gasteiger partial charge in [-0.3, -0.25) is 4.90 Å². The van der Waals surface area contributed by atoms with Crippen molar-refractivity contribution in [1.82, 2.24) is 4.90 Å². The highest BCUT2D eigenvalue weighted by atomic mass is 16.5. The van der Waals surface area contributed by atoms with E-state index in [0.29, 0.717) is 0 Å². The highest BCUT2D eigenvalue weighted by Gasteiger charge is 2.31. The van der Waals surface area contributed by atoms with Gasteiger partial charge in [-0.2, -0.15) is 0 Å². The largest absolute Gasteiger partial charge is 0.493 e. The number of benzene rings is 3. The van der Waals surface area contributed by atoms with Gasteiger partial charge < -0.3 is 18.9 Å². The van der Waals surface area contributed by atoms with Crippen molar-refractivity contribution >= 4 is 0 Å². The molecule has 5 nitrogen and oxygen atoms in total. The lowest BCUT2D eigenvalue weighted by atomic mass is 9.91. The molecule has 180 valence electrons. The topological polar surface area (TPSA) is 40.2 Å². The van der Waals surface area contributed by atoms with Crippen LogP contribution in [0.2, 0.25) is 0 Å². The van der Waals surface area contributed by atoms with Gasteiger partial charge in [0.25, 0.3) is 0 Å². The predicted molar refractivity (Wildman–Crippen MR) is 135 cm³/mol. The molecule has 3 aromatic rings. The Morgan fingerprint density at radius 2 is 1.44 bits per heavy atom. The first-order valence-corrected chi connectivity index (χ1v) is 11.9. The summed E-state index contributed by atoms with van der Waals surface area (Å²) < 4.78 is 22.4. The number of ether oxygens (including phenoxy) is 4. The molecule has 0 saturated carbocycles. The van der Waals surface area contributed by atoms with Gasteiger partial charge >= 0.3 is 0 Å². The Labute approximate surface area is 203 Å². The summed E-state index contributed by atoms with van der Waals surface area (Å²) in [5.41, 5.74) is 5.15. The molecule has 4 rings (SSSR count). The van der Waals surface area contributed by atoms with Gasteiger partial charge in [-0.1, -0.05) is 36.4 Å². The van der Waals surface area contributed by atoms with Crippen LogP contribution in [-0.4, -0.2) is 39.9 Å². The Bertz CT molecular complexity index is 1100. The standard InChI is InChI=1S/C29H35NO4/c1-20(22-10-7-6-8-11-22)30-15-9-12-23-18-28(33-4)29(34-5)19-24(23)25(30)16-21-13-14-26(31-2)27(17-21)32-3/h6-8,10-11,13-14,17-20,25H,9,12,15-16H2,1-5H3/t20-,25-/m0/s1. The third-order valence-corrected chi connectivity index (χ3v) is 6.92. The van der Waals surface area contributed by atoms with Gasteiger partial charge in [-0.15, -0.1) is 0 Å². The number of fused-ring (bicyclic) bond motifs is 1. The first-order chi connectivity index (χ1) is 16.6. The average molecular weight is 462 g/mol. The molecule has 0 N–H and O–H groups in total. The van der Waals surface area contributed by atoms with Crippen LogP contribution in [0, 0.1) is 0 Å². The maximum atomic E-state index is 5.71. The molecule has 0 spiro atoms. The molecular weight excluding hydrogens is 426 g/mol. The normalized spacial score (nSPS) is 16.8. The van der Waals surface area contributed by atoms with E-state index in [1.807, 2.05) is 6.07 Å². The van der Waals surface area contributed by atoms with Gasteiger partial charge in [-0.05, 0) is 79.3 Å². The summed E-state index contributed by atoms with van der Waals surface area (Å²) in [5, 5.41) is 0. The van der Waals surface area contributed by atoms with E-state index in [-0.39, 0.29) is 12.1 Å². The molecular formula is C29H35NO4. The summed E-state index contributed by atoms with van der Waals surface area (Å²) >= 11 is 0. The van der Waals surface area contributed by atoms with E-state index >= 15 is 0 Å². The van der Waals surface area contributed by atoms with Gasteiger partial charge in [0.1, 0.15) is 0 Å². The first kappa shape index (κ1) is 24.0. The van der Waals surface area contributed by atoms with Crippen molar-refractivity contribution in [3.8, 4) is 23.0 Å². The van der Waals surface area contributed by atoms with Crippen LogP contribution in [0.4, 0.5) is 0 Å². The van der Waals surface area contributed by atoms with Crippen LogP contribution in [0.3, 0.4) is 0 Å². The van der Waals surface area contributed by atoms with Crippen LogP contribution >= 0.6 is 0 Å². The molecule has 0 radical (unpaired) electrons. The zero-order chi connectivity index (χ0) is 24.1. The number of rotatable bonds is 8. The number of nitrogens with zero attached hydrogens (tertiary/aromatic N) is 1. The van der Waals surface area contributed by atoms with Crippen molar-refractivity contribution in [2.75, 3.05) is 35.0 Å². The predicted octanol–water partition coefficient (Wildman–Crippen LogP) is 6.01. The molecule has 0 aromatic heterocycles. The summed E-state index contributed by atoms with van der Waals surface area (Å²) in [6.45, 7) is 3.32. The van der Waals surface area contributed by atoms with Crippen LogP contribution in [0.15, 0.2) is 60.7 Å². The molecule has 2 atom stereocenters. The lowest BCUT2D eigenvalue weighted by Gasteiger charge is -2.37. The quantitative estimate of drug-likeness (QED) is 0.411. The summed E-state index contributed by atoms with van der Waals surface area (Å²) in [6, 6.07) is 21.8. The SMILES string of the molecule is COc1ccc(C[C@H]2c3cc(OC)c(OC)cc3CCCN2[C@@H](C)c2ccccc2)cc1OC. The number of methoxy groups -OCH3 is 4. The smallest absolute Gasteiger partial charge is 0.161 e. The van der Waals surface area contributed by atoms with Crippen molar-refractivity contribution in [2.45, 2.75) is 38.3 Å². The molecule has 34 heavy (non-hydrogen) atoms. The molecule has 0 saturated heterocycles. The van der Waals surface area contributed by atoms with E-state index in [1.165, 1.54) is 22.3 Å². The molecule has 3 aromatic carbocycles. The van der Waals surface area contributed by atoms with Crippen LogP contribution in [0.25, 0.3) is 0 Å². The van der Waals surface area contributed by atoms with Crippen molar-refractivity contribution in [2.24, 2.45) is 0 Å². The monoisotopic (exact) mass is 461 g/mol. The second-order valence-corrected chi connectivity index (χ2v) is 8.74. The van der Waals surface area contributed by atoms with Gasteiger partial charge in [0.05, 0.1) is 28.4 Å². The highest BCUT2D eigenvalue weighted by Crippen LogP contribution is 2.42. The van der Waals surface area contributed by atoms with Crippen LogP contribution in [0.5, 0.6) is 23.0 Å². The number of aryl methyl sites for hydroxylation is 1. The van der Waals surface area contributed by atoms with Crippen molar-refractivity contribution in [3.63, 3.8) is 0 Å². The summed E-state index contributed by atoms with van der Waals surface area (Å²) in [6.07, 6.45) is 2.94. The van der Waals surface area contributed by atoms with Crippen molar-refractivity contribution < 1.29 is 18.9 Å². The summed E-state index contributed by atoms with van der Waals surface area (Å²) in [7, 11) is 6.76. The molecule has 0 fully saturated rings. The molecule has 5 heteroatoms.